The van der Waals surface area contributed by atoms with Crippen LogP contribution in [0.2, 0.25) is 0 Å². The van der Waals surface area contributed by atoms with Crippen molar-refractivity contribution in [3.63, 3.8) is 0 Å². The first kappa shape index (κ1) is 14.0. The number of benzene rings is 1. The van der Waals surface area contributed by atoms with Crippen molar-refractivity contribution < 1.29 is 23.1 Å². The van der Waals surface area contributed by atoms with Crippen LogP contribution < -0.4 is 0 Å². The quantitative estimate of drug-likeness (QED) is 0.868. The first-order valence-corrected chi connectivity index (χ1v) is 7.70. The van der Waals surface area contributed by atoms with Gasteiger partial charge in [0.25, 0.3) is 0 Å². The van der Waals surface area contributed by atoms with E-state index in [-0.39, 0.29) is 13.0 Å². The fourth-order valence-corrected chi connectivity index (χ4v) is 4.06. The van der Waals surface area contributed by atoms with E-state index in [0.717, 1.165) is 0 Å². The molecule has 1 aliphatic heterocycles. The maximum Gasteiger partial charge on any atom is 0.322 e. The smallest absolute Gasteiger partial charge is 0.322 e. The van der Waals surface area contributed by atoms with Crippen molar-refractivity contribution in [2.24, 2.45) is 0 Å². The van der Waals surface area contributed by atoms with E-state index in [9.17, 15) is 18.3 Å². The lowest BCUT2D eigenvalue weighted by Crippen LogP contribution is -2.39. The molecule has 6 heteroatoms. The third kappa shape index (κ3) is 3.13. The van der Waals surface area contributed by atoms with Gasteiger partial charge in [-0.25, -0.2) is 8.42 Å². The first-order valence-electron chi connectivity index (χ1n) is 6.09. The Morgan fingerprint density at radius 3 is 2.58 bits per heavy atom. The second kappa shape index (κ2) is 5.71. The Hall–Kier alpha value is -1.40. The summed E-state index contributed by atoms with van der Waals surface area (Å²) >= 11 is 0. The van der Waals surface area contributed by atoms with E-state index < -0.39 is 26.3 Å². The maximum atomic E-state index is 12.3. The van der Waals surface area contributed by atoms with Gasteiger partial charge in [0.1, 0.15) is 0 Å². The molecule has 2 unspecified atom stereocenters. The summed E-state index contributed by atoms with van der Waals surface area (Å²) in [5.74, 6) is -1.30. The predicted octanol–water partition coefficient (Wildman–Crippen LogP) is 0.886. The Labute approximate surface area is 112 Å². The second-order valence-corrected chi connectivity index (χ2v) is 7.00. The minimum Gasteiger partial charge on any atom is -0.480 e. The Morgan fingerprint density at radius 2 is 2.05 bits per heavy atom. The molecule has 1 heterocycles. The third-order valence-electron chi connectivity index (χ3n) is 3.29. The molecule has 2 rings (SSSR count). The molecule has 2 atom stereocenters. The second-order valence-electron chi connectivity index (χ2n) is 4.59. The summed E-state index contributed by atoms with van der Waals surface area (Å²) < 4.78 is 29.7. The molecule has 1 saturated heterocycles. The molecule has 104 valence electrons. The van der Waals surface area contributed by atoms with Crippen molar-refractivity contribution in [2.75, 3.05) is 13.2 Å². The van der Waals surface area contributed by atoms with Gasteiger partial charge < -0.3 is 9.84 Å². The minimum absolute atomic E-state index is 0.00495. The first-order chi connectivity index (χ1) is 9.01. The summed E-state index contributed by atoms with van der Waals surface area (Å²) in [6.45, 7) is 0.475. The number of carboxylic acid groups (broad SMARTS) is 1. The van der Waals surface area contributed by atoms with Crippen molar-refractivity contribution in [3.8, 4) is 0 Å². The van der Waals surface area contributed by atoms with Crippen LogP contribution in [0.1, 0.15) is 12.0 Å². The van der Waals surface area contributed by atoms with E-state index in [2.05, 4.69) is 0 Å². The number of hydrogen-bond donors (Lipinski definition) is 1. The standard InChI is InChI=1S/C13H16O5S/c14-13(15)12(8-10-4-2-1-3-5-10)19(16,17)11-6-7-18-9-11/h1-5,11-12H,6-9H2,(H,14,15). The largest absolute Gasteiger partial charge is 0.480 e. The van der Waals surface area contributed by atoms with Gasteiger partial charge in [-0.3, -0.25) is 4.79 Å². The lowest BCUT2D eigenvalue weighted by atomic mass is 10.1. The normalized spacial score (nSPS) is 21.2. The van der Waals surface area contributed by atoms with Crippen molar-refractivity contribution in [1.82, 2.24) is 0 Å². The fraction of sp³-hybridized carbons (Fsp3) is 0.462. The zero-order chi connectivity index (χ0) is 13.9. The molecule has 0 radical (unpaired) electrons. The molecule has 1 aromatic carbocycles. The topological polar surface area (TPSA) is 80.7 Å². The lowest BCUT2D eigenvalue weighted by molar-refractivity contribution is -0.136. The average Bonchev–Trinajstić information content (AvgIpc) is 2.91. The van der Waals surface area contributed by atoms with Crippen molar-refractivity contribution in [2.45, 2.75) is 23.3 Å². The van der Waals surface area contributed by atoms with E-state index >= 15 is 0 Å². The summed E-state index contributed by atoms with van der Waals surface area (Å²) in [7, 11) is -3.72. The van der Waals surface area contributed by atoms with Crippen LogP contribution in [0.15, 0.2) is 30.3 Å². The number of aliphatic carboxylic acids is 1. The summed E-state index contributed by atoms with van der Waals surface area (Å²) in [5.41, 5.74) is 0.706. The summed E-state index contributed by atoms with van der Waals surface area (Å²) in [5, 5.41) is 7.11. The number of sulfone groups is 1. The van der Waals surface area contributed by atoms with Crippen LogP contribution in [-0.2, 0) is 25.8 Å². The highest BCUT2D eigenvalue weighted by Crippen LogP contribution is 2.21. The summed E-state index contributed by atoms with van der Waals surface area (Å²) in [4.78, 5) is 11.3. The van der Waals surface area contributed by atoms with Crippen LogP contribution in [0.5, 0.6) is 0 Å². The Bertz CT molecular complexity index is 531. The molecule has 19 heavy (non-hydrogen) atoms. The lowest BCUT2D eigenvalue weighted by Gasteiger charge is -2.17. The van der Waals surface area contributed by atoms with Gasteiger partial charge in [0.05, 0.1) is 11.9 Å². The molecular formula is C13H16O5S. The highest BCUT2D eigenvalue weighted by molar-refractivity contribution is 7.93. The Morgan fingerprint density at radius 1 is 1.37 bits per heavy atom. The molecule has 0 saturated carbocycles. The van der Waals surface area contributed by atoms with E-state index in [0.29, 0.717) is 18.6 Å². The SMILES string of the molecule is O=C(O)C(Cc1ccccc1)S(=O)(=O)C1CCOC1. The van der Waals surface area contributed by atoms with Crippen LogP contribution in [0, 0.1) is 0 Å². The van der Waals surface area contributed by atoms with Crippen molar-refractivity contribution >= 4 is 15.8 Å². The Kier molecular flexibility index (Phi) is 4.21. The van der Waals surface area contributed by atoms with Gasteiger partial charge in [-0.2, -0.15) is 0 Å². The maximum absolute atomic E-state index is 12.3. The molecular weight excluding hydrogens is 268 g/mol. The summed E-state index contributed by atoms with van der Waals surface area (Å²) in [6.07, 6.45) is 0.371. The molecule has 0 aromatic heterocycles. The van der Waals surface area contributed by atoms with Gasteiger partial charge in [-0.15, -0.1) is 0 Å². The van der Waals surface area contributed by atoms with Crippen LogP contribution in [0.3, 0.4) is 0 Å². The molecule has 1 aliphatic rings. The zero-order valence-electron chi connectivity index (χ0n) is 10.4. The van der Waals surface area contributed by atoms with Gasteiger partial charge >= 0.3 is 5.97 Å². The molecule has 0 amide bonds. The zero-order valence-corrected chi connectivity index (χ0v) is 11.2. The number of carboxylic acids is 1. The average molecular weight is 284 g/mol. The van der Waals surface area contributed by atoms with Crippen LogP contribution >= 0.6 is 0 Å². The fourth-order valence-electron chi connectivity index (χ4n) is 2.18. The van der Waals surface area contributed by atoms with Gasteiger partial charge in [0.15, 0.2) is 15.1 Å². The molecule has 0 aliphatic carbocycles. The van der Waals surface area contributed by atoms with Gasteiger partial charge in [0.2, 0.25) is 0 Å². The minimum atomic E-state index is -3.72. The third-order valence-corrected chi connectivity index (χ3v) is 5.75. The predicted molar refractivity (Wildman–Crippen MR) is 69.7 cm³/mol. The Balaban J connectivity index is 2.23. The number of carbonyl (C=O) groups is 1. The van der Waals surface area contributed by atoms with E-state index in [4.69, 9.17) is 4.74 Å². The van der Waals surface area contributed by atoms with Crippen molar-refractivity contribution in [1.29, 1.82) is 0 Å². The molecule has 5 nitrogen and oxygen atoms in total. The highest BCUT2D eigenvalue weighted by Gasteiger charge is 2.40. The highest BCUT2D eigenvalue weighted by atomic mass is 32.2. The molecule has 1 N–H and O–H groups in total. The van der Waals surface area contributed by atoms with E-state index in [1.165, 1.54) is 0 Å². The van der Waals surface area contributed by atoms with Crippen molar-refractivity contribution in [3.05, 3.63) is 35.9 Å². The number of rotatable bonds is 5. The number of ether oxygens (including phenoxy) is 1. The number of hydrogen-bond acceptors (Lipinski definition) is 4. The van der Waals surface area contributed by atoms with Gasteiger partial charge in [-0.1, -0.05) is 30.3 Å². The van der Waals surface area contributed by atoms with Gasteiger partial charge in [0, 0.05) is 6.61 Å². The van der Waals surface area contributed by atoms with Crippen LogP contribution in [-0.4, -0.2) is 43.2 Å². The molecule has 0 spiro atoms. The summed E-state index contributed by atoms with van der Waals surface area (Å²) in [6, 6.07) is 8.80. The monoisotopic (exact) mass is 284 g/mol. The van der Waals surface area contributed by atoms with Gasteiger partial charge in [-0.05, 0) is 18.4 Å². The van der Waals surface area contributed by atoms with E-state index in [1.807, 2.05) is 0 Å². The molecule has 1 aromatic rings. The van der Waals surface area contributed by atoms with Crippen LogP contribution in [0.4, 0.5) is 0 Å². The van der Waals surface area contributed by atoms with Crippen LogP contribution in [0.25, 0.3) is 0 Å². The molecule has 1 fully saturated rings. The van der Waals surface area contributed by atoms with E-state index in [1.54, 1.807) is 30.3 Å². The molecule has 0 bridgehead atoms.